The SMILES string of the molecule is CS(=O)(=O)c1nccc(Nc2cnccn2)n1. The molecule has 0 radical (unpaired) electrons. The largest absolute Gasteiger partial charge is 0.324 e. The standard InChI is InChI=1S/C9H9N5O2S/c1-17(15,16)9-12-3-2-7(14-9)13-8-6-10-4-5-11-8/h2-6H,1H3,(H,11,12,13,14). The van der Waals surface area contributed by atoms with Crippen LogP contribution in [0.3, 0.4) is 0 Å². The number of nitrogens with zero attached hydrogens (tertiary/aromatic N) is 4. The van der Waals surface area contributed by atoms with Crippen LogP contribution in [0.1, 0.15) is 0 Å². The van der Waals surface area contributed by atoms with Gasteiger partial charge in [0.15, 0.2) is 0 Å². The Hall–Kier alpha value is -2.09. The highest BCUT2D eigenvalue weighted by atomic mass is 32.2. The summed E-state index contributed by atoms with van der Waals surface area (Å²) in [5.41, 5.74) is 0. The minimum absolute atomic E-state index is 0.230. The first-order valence-electron chi connectivity index (χ1n) is 4.62. The number of sulfone groups is 1. The van der Waals surface area contributed by atoms with Gasteiger partial charge in [0, 0.05) is 24.8 Å². The second-order valence-corrected chi connectivity index (χ2v) is 5.12. The molecule has 0 atom stereocenters. The van der Waals surface area contributed by atoms with Gasteiger partial charge in [-0.2, -0.15) is 0 Å². The Morgan fingerprint density at radius 1 is 1.12 bits per heavy atom. The van der Waals surface area contributed by atoms with Crippen LogP contribution in [0.5, 0.6) is 0 Å². The van der Waals surface area contributed by atoms with Crippen molar-refractivity contribution >= 4 is 21.5 Å². The zero-order valence-electron chi connectivity index (χ0n) is 8.90. The predicted molar refractivity (Wildman–Crippen MR) is 60.5 cm³/mol. The third-order valence-electron chi connectivity index (χ3n) is 1.78. The molecule has 8 heteroatoms. The summed E-state index contributed by atoms with van der Waals surface area (Å²) in [7, 11) is -3.42. The van der Waals surface area contributed by atoms with Gasteiger partial charge in [-0.3, -0.25) is 4.98 Å². The zero-order chi connectivity index (χ0) is 12.3. The third kappa shape index (κ3) is 2.94. The van der Waals surface area contributed by atoms with Crippen LogP contribution in [0.4, 0.5) is 11.6 Å². The summed E-state index contributed by atoms with van der Waals surface area (Å²) in [6.07, 6.45) is 6.97. The van der Waals surface area contributed by atoms with E-state index >= 15 is 0 Å². The Kier molecular flexibility index (Phi) is 2.96. The quantitative estimate of drug-likeness (QED) is 0.789. The Balaban J connectivity index is 2.29. The third-order valence-corrected chi connectivity index (χ3v) is 2.64. The summed E-state index contributed by atoms with van der Waals surface area (Å²) in [5, 5.41) is 2.60. The first kappa shape index (κ1) is 11.4. The molecule has 0 amide bonds. The van der Waals surface area contributed by atoms with Crippen molar-refractivity contribution in [3.63, 3.8) is 0 Å². The van der Waals surface area contributed by atoms with E-state index in [0.717, 1.165) is 6.26 Å². The number of hydrogen-bond acceptors (Lipinski definition) is 7. The number of aromatic nitrogens is 4. The van der Waals surface area contributed by atoms with E-state index in [-0.39, 0.29) is 5.16 Å². The normalized spacial score (nSPS) is 11.1. The fraction of sp³-hybridized carbons (Fsp3) is 0.111. The van der Waals surface area contributed by atoms with Crippen molar-refractivity contribution in [2.45, 2.75) is 5.16 Å². The Morgan fingerprint density at radius 2 is 1.94 bits per heavy atom. The lowest BCUT2D eigenvalue weighted by atomic mass is 10.5. The molecule has 0 spiro atoms. The summed E-state index contributed by atoms with van der Waals surface area (Å²) < 4.78 is 22.5. The number of nitrogens with one attached hydrogen (secondary N) is 1. The lowest BCUT2D eigenvalue weighted by Crippen LogP contribution is -2.06. The van der Waals surface area contributed by atoms with Gasteiger partial charge >= 0.3 is 0 Å². The van der Waals surface area contributed by atoms with Crippen molar-refractivity contribution < 1.29 is 8.42 Å². The Labute approximate surface area is 97.9 Å². The van der Waals surface area contributed by atoms with Gasteiger partial charge in [0.05, 0.1) is 6.20 Å². The van der Waals surface area contributed by atoms with E-state index in [9.17, 15) is 8.42 Å². The molecular weight excluding hydrogens is 242 g/mol. The van der Waals surface area contributed by atoms with Crippen molar-refractivity contribution in [3.8, 4) is 0 Å². The lowest BCUT2D eigenvalue weighted by molar-refractivity contribution is 0.593. The highest BCUT2D eigenvalue weighted by Crippen LogP contribution is 2.11. The van der Waals surface area contributed by atoms with Crippen molar-refractivity contribution in [1.29, 1.82) is 0 Å². The first-order chi connectivity index (χ1) is 8.05. The van der Waals surface area contributed by atoms with Gasteiger partial charge in [0.25, 0.3) is 0 Å². The van der Waals surface area contributed by atoms with Crippen LogP contribution in [-0.4, -0.2) is 34.6 Å². The van der Waals surface area contributed by atoms with E-state index in [2.05, 4.69) is 25.3 Å². The van der Waals surface area contributed by atoms with Crippen LogP contribution in [0.25, 0.3) is 0 Å². The monoisotopic (exact) mass is 251 g/mol. The molecule has 0 aliphatic heterocycles. The van der Waals surface area contributed by atoms with Gasteiger partial charge in [-0.1, -0.05) is 0 Å². The molecule has 1 N–H and O–H groups in total. The van der Waals surface area contributed by atoms with Gasteiger partial charge in [-0.25, -0.2) is 23.4 Å². The van der Waals surface area contributed by atoms with E-state index in [4.69, 9.17) is 0 Å². The molecule has 0 saturated heterocycles. The van der Waals surface area contributed by atoms with Crippen molar-refractivity contribution in [3.05, 3.63) is 30.9 Å². The Morgan fingerprint density at radius 3 is 2.59 bits per heavy atom. The fourth-order valence-electron chi connectivity index (χ4n) is 1.08. The van der Waals surface area contributed by atoms with Crippen LogP contribution >= 0.6 is 0 Å². The van der Waals surface area contributed by atoms with Crippen LogP contribution in [0.2, 0.25) is 0 Å². The highest BCUT2D eigenvalue weighted by Gasteiger charge is 2.11. The molecule has 0 aliphatic carbocycles. The first-order valence-corrected chi connectivity index (χ1v) is 6.51. The molecule has 17 heavy (non-hydrogen) atoms. The maximum absolute atomic E-state index is 11.3. The van der Waals surface area contributed by atoms with Crippen molar-refractivity contribution in [2.24, 2.45) is 0 Å². The molecule has 2 aromatic rings. The second-order valence-electron chi connectivity index (χ2n) is 3.21. The molecule has 2 aromatic heterocycles. The maximum Gasteiger partial charge on any atom is 0.248 e. The Bertz CT molecular complexity index is 614. The molecule has 2 rings (SSSR count). The molecular formula is C9H9N5O2S. The average Bonchev–Trinajstić information content (AvgIpc) is 2.29. The summed E-state index contributed by atoms with van der Waals surface area (Å²) in [5.74, 6) is 0.826. The minimum Gasteiger partial charge on any atom is -0.324 e. The van der Waals surface area contributed by atoms with Crippen LogP contribution < -0.4 is 5.32 Å². The van der Waals surface area contributed by atoms with Crippen molar-refractivity contribution in [1.82, 2.24) is 19.9 Å². The molecule has 0 unspecified atom stereocenters. The molecule has 2 heterocycles. The van der Waals surface area contributed by atoms with Crippen LogP contribution in [0.15, 0.2) is 36.0 Å². The molecule has 0 bridgehead atoms. The second kappa shape index (κ2) is 4.42. The number of rotatable bonds is 3. The van der Waals surface area contributed by atoms with Gasteiger partial charge in [0.1, 0.15) is 11.6 Å². The van der Waals surface area contributed by atoms with E-state index in [1.807, 2.05) is 0 Å². The zero-order valence-corrected chi connectivity index (χ0v) is 9.72. The molecule has 0 saturated carbocycles. The summed E-state index contributed by atoms with van der Waals surface area (Å²) in [4.78, 5) is 15.4. The maximum atomic E-state index is 11.3. The molecule has 88 valence electrons. The van der Waals surface area contributed by atoms with Gasteiger partial charge < -0.3 is 5.32 Å². The van der Waals surface area contributed by atoms with E-state index in [1.165, 1.54) is 24.8 Å². The summed E-state index contributed by atoms with van der Waals surface area (Å²) in [6, 6.07) is 1.54. The van der Waals surface area contributed by atoms with Crippen molar-refractivity contribution in [2.75, 3.05) is 11.6 Å². The molecule has 0 aromatic carbocycles. The highest BCUT2D eigenvalue weighted by molar-refractivity contribution is 7.90. The molecule has 0 fully saturated rings. The summed E-state index contributed by atoms with van der Waals surface area (Å²) in [6.45, 7) is 0. The van der Waals surface area contributed by atoms with E-state index in [1.54, 1.807) is 6.07 Å². The number of hydrogen-bond donors (Lipinski definition) is 1. The van der Waals surface area contributed by atoms with E-state index in [0.29, 0.717) is 11.6 Å². The summed E-state index contributed by atoms with van der Waals surface area (Å²) >= 11 is 0. The predicted octanol–water partition coefficient (Wildman–Crippen LogP) is 0.414. The number of anilines is 2. The van der Waals surface area contributed by atoms with Crippen LogP contribution in [0, 0.1) is 0 Å². The smallest absolute Gasteiger partial charge is 0.248 e. The molecule has 0 aliphatic rings. The van der Waals surface area contributed by atoms with E-state index < -0.39 is 9.84 Å². The van der Waals surface area contributed by atoms with Gasteiger partial charge in [-0.05, 0) is 6.07 Å². The molecule has 7 nitrogen and oxygen atoms in total. The lowest BCUT2D eigenvalue weighted by Gasteiger charge is -2.04. The van der Waals surface area contributed by atoms with Gasteiger partial charge in [0.2, 0.25) is 15.0 Å². The average molecular weight is 251 g/mol. The topological polar surface area (TPSA) is 97.7 Å². The van der Waals surface area contributed by atoms with Crippen LogP contribution in [-0.2, 0) is 9.84 Å². The minimum atomic E-state index is -3.42. The fourth-order valence-corrected chi connectivity index (χ4v) is 1.60. The van der Waals surface area contributed by atoms with Gasteiger partial charge in [-0.15, -0.1) is 0 Å².